The molecular formula is C12H11ClS. The molecule has 0 aliphatic carbocycles. The fourth-order valence-electron chi connectivity index (χ4n) is 1.10. The Morgan fingerprint density at radius 1 is 1.29 bits per heavy atom. The van der Waals surface area contributed by atoms with Crippen LogP contribution in [-0.2, 0) is 0 Å². The summed E-state index contributed by atoms with van der Waals surface area (Å²) in [7, 11) is 0. The van der Waals surface area contributed by atoms with Gasteiger partial charge in [-0.05, 0) is 23.3 Å². The third-order valence-electron chi connectivity index (χ3n) is 1.76. The van der Waals surface area contributed by atoms with Crippen molar-refractivity contribution in [2.45, 2.75) is 4.90 Å². The maximum absolute atomic E-state index is 5.87. The highest BCUT2D eigenvalue weighted by Gasteiger charge is 2.02. The number of hydrogen-bond acceptors (Lipinski definition) is 1. The zero-order valence-corrected chi connectivity index (χ0v) is 9.35. The number of halogens is 1. The molecule has 1 aromatic carbocycles. The van der Waals surface area contributed by atoms with Crippen LogP contribution >= 0.6 is 24.2 Å². The summed E-state index contributed by atoms with van der Waals surface area (Å²) in [5.41, 5.74) is 1.90. The number of hydrogen-bond donors (Lipinski definition) is 1. The van der Waals surface area contributed by atoms with Crippen LogP contribution in [0.3, 0.4) is 0 Å². The van der Waals surface area contributed by atoms with E-state index >= 15 is 0 Å². The predicted octanol–water partition coefficient (Wildman–Crippen LogP) is 4.30. The second kappa shape index (κ2) is 5.08. The average Bonchev–Trinajstić information content (AvgIpc) is 2.15. The Hall–Kier alpha value is -0.920. The van der Waals surface area contributed by atoms with Gasteiger partial charge in [0.25, 0.3) is 0 Å². The summed E-state index contributed by atoms with van der Waals surface area (Å²) in [6.07, 6.45) is 3.53. The monoisotopic (exact) mass is 222 g/mol. The van der Waals surface area contributed by atoms with Crippen LogP contribution in [0, 0.1) is 0 Å². The summed E-state index contributed by atoms with van der Waals surface area (Å²) in [5.74, 6) is 0. The molecule has 0 saturated carbocycles. The second-order valence-corrected chi connectivity index (χ2v) is 3.74. The van der Waals surface area contributed by atoms with Gasteiger partial charge in [0, 0.05) is 9.93 Å². The van der Waals surface area contributed by atoms with Gasteiger partial charge >= 0.3 is 0 Å². The Bertz CT molecular complexity index is 374. The molecule has 72 valence electrons. The van der Waals surface area contributed by atoms with E-state index in [4.69, 9.17) is 11.6 Å². The number of rotatable bonds is 3. The minimum atomic E-state index is 0.511. The van der Waals surface area contributed by atoms with Crippen molar-refractivity contribution < 1.29 is 0 Å². The van der Waals surface area contributed by atoms with Crippen molar-refractivity contribution in [3.63, 3.8) is 0 Å². The summed E-state index contributed by atoms with van der Waals surface area (Å²) in [4.78, 5) is 0.923. The fourth-order valence-corrected chi connectivity index (χ4v) is 1.42. The lowest BCUT2D eigenvalue weighted by atomic mass is 10.1. The van der Waals surface area contributed by atoms with Gasteiger partial charge in [-0.25, -0.2) is 0 Å². The molecule has 1 aromatic rings. The van der Waals surface area contributed by atoms with Gasteiger partial charge in [-0.3, -0.25) is 0 Å². The quantitative estimate of drug-likeness (QED) is 0.572. The van der Waals surface area contributed by atoms with Crippen molar-refractivity contribution in [2.75, 3.05) is 0 Å². The molecule has 0 nitrogen and oxygen atoms in total. The van der Waals surface area contributed by atoms with Crippen LogP contribution in [0.5, 0.6) is 0 Å². The number of thiol groups is 1. The molecule has 0 aliphatic rings. The number of allylic oxidation sites excluding steroid dienone is 4. The van der Waals surface area contributed by atoms with Crippen molar-refractivity contribution in [1.82, 2.24) is 0 Å². The summed E-state index contributed by atoms with van der Waals surface area (Å²) in [6, 6.07) is 7.72. The van der Waals surface area contributed by atoms with Gasteiger partial charge in [0.1, 0.15) is 0 Å². The second-order valence-electron chi connectivity index (χ2n) is 2.77. The zero-order valence-electron chi connectivity index (χ0n) is 7.70. The SMILES string of the molecule is C=C/C=C(\C(=C)Cl)c1ccc(S)cc1. The van der Waals surface area contributed by atoms with Gasteiger partial charge in [0.2, 0.25) is 0 Å². The summed E-state index contributed by atoms with van der Waals surface area (Å²) in [6.45, 7) is 7.34. The molecule has 0 heterocycles. The van der Waals surface area contributed by atoms with E-state index in [0.29, 0.717) is 5.03 Å². The molecule has 0 aliphatic heterocycles. The Morgan fingerprint density at radius 2 is 1.86 bits per heavy atom. The molecule has 0 amide bonds. The molecule has 0 atom stereocenters. The van der Waals surface area contributed by atoms with Crippen molar-refractivity contribution in [3.05, 3.63) is 60.2 Å². The maximum Gasteiger partial charge on any atom is 0.0412 e. The van der Waals surface area contributed by atoms with Crippen molar-refractivity contribution in [2.24, 2.45) is 0 Å². The molecule has 0 radical (unpaired) electrons. The first-order valence-corrected chi connectivity index (χ1v) is 4.94. The lowest BCUT2D eigenvalue weighted by molar-refractivity contribution is 1.45. The highest BCUT2D eigenvalue weighted by Crippen LogP contribution is 2.25. The van der Waals surface area contributed by atoms with E-state index in [1.165, 1.54) is 0 Å². The molecule has 14 heavy (non-hydrogen) atoms. The van der Waals surface area contributed by atoms with E-state index in [0.717, 1.165) is 16.0 Å². The molecule has 0 bridgehead atoms. The topological polar surface area (TPSA) is 0 Å². The molecule has 0 aromatic heterocycles. The minimum absolute atomic E-state index is 0.511. The van der Waals surface area contributed by atoms with Crippen molar-refractivity contribution in [1.29, 1.82) is 0 Å². The predicted molar refractivity (Wildman–Crippen MR) is 66.9 cm³/mol. The Morgan fingerprint density at radius 3 is 2.29 bits per heavy atom. The molecular weight excluding hydrogens is 212 g/mol. The third-order valence-corrected chi connectivity index (χ3v) is 2.26. The van der Waals surface area contributed by atoms with Gasteiger partial charge in [-0.2, -0.15) is 0 Å². The first-order chi connectivity index (χ1) is 6.65. The first kappa shape index (κ1) is 11.2. The normalized spacial score (nSPS) is 11.1. The van der Waals surface area contributed by atoms with Gasteiger partial charge < -0.3 is 0 Å². The van der Waals surface area contributed by atoms with Crippen molar-refractivity contribution >= 4 is 29.8 Å². The molecule has 0 saturated heterocycles. The molecule has 2 heteroatoms. The van der Waals surface area contributed by atoms with E-state index < -0.39 is 0 Å². The Kier molecular flexibility index (Phi) is 4.05. The van der Waals surface area contributed by atoms with Crippen LogP contribution in [0.1, 0.15) is 5.56 Å². The van der Waals surface area contributed by atoms with Crippen LogP contribution < -0.4 is 0 Å². The summed E-state index contributed by atoms with van der Waals surface area (Å²) < 4.78 is 0. The fraction of sp³-hybridized carbons (Fsp3) is 0. The summed E-state index contributed by atoms with van der Waals surface area (Å²) >= 11 is 10.1. The smallest absolute Gasteiger partial charge is 0.0412 e. The lowest BCUT2D eigenvalue weighted by Gasteiger charge is -2.04. The van der Waals surface area contributed by atoms with E-state index in [1.54, 1.807) is 6.08 Å². The molecule has 0 N–H and O–H groups in total. The van der Waals surface area contributed by atoms with E-state index in [1.807, 2.05) is 30.3 Å². The third kappa shape index (κ3) is 2.79. The average molecular weight is 223 g/mol. The number of benzene rings is 1. The van der Waals surface area contributed by atoms with Crippen LogP contribution in [-0.4, -0.2) is 0 Å². The van der Waals surface area contributed by atoms with Gasteiger partial charge in [-0.1, -0.05) is 49.0 Å². The maximum atomic E-state index is 5.87. The Labute approximate surface area is 95.0 Å². The zero-order chi connectivity index (χ0) is 10.6. The first-order valence-electron chi connectivity index (χ1n) is 4.12. The standard InChI is InChI=1S/C12H11ClS/c1-3-4-12(9(2)13)10-5-7-11(14)8-6-10/h3-8,14H,1-2H2/b12-4+. The van der Waals surface area contributed by atoms with Gasteiger partial charge in [0.15, 0.2) is 0 Å². The van der Waals surface area contributed by atoms with Crippen LogP contribution in [0.25, 0.3) is 5.57 Å². The van der Waals surface area contributed by atoms with E-state index in [9.17, 15) is 0 Å². The highest BCUT2D eigenvalue weighted by atomic mass is 35.5. The molecule has 0 fully saturated rings. The highest BCUT2D eigenvalue weighted by molar-refractivity contribution is 7.80. The lowest BCUT2D eigenvalue weighted by Crippen LogP contribution is -1.83. The van der Waals surface area contributed by atoms with Crippen LogP contribution in [0.15, 0.2) is 59.5 Å². The molecule has 0 unspecified atom stereocenters. The summed E-state index contributed by atoms with van der Waals surface area (Å²) in [5, 5.41) is 0.511. The molecule has 0 spiro atoms. The van der Waals surface area contributed by atoms with Crippen LogP contribution in [0.4, 0.5) is 0 Å². The van der Waals surface area contributed by atoms with E-state index in [2.05, 4.69) is 25.8 Å². The Balaban J connectivity index is 3.12. The molecule has 1 rings (SSSR count). The largest absolute Gasteiger partial charge is 0.143 e. The van der Waals surface area contributed by atoms with Gasteiger partial charge in [0.05, 0.1) is 0 Å². The van der Waals surface area contributed by atoms with Crippen molar-refractivity contribution in [3.8, 4) is 0 Å². The minimum Gasteiger partial charge on any atom is -0.143 e. The van der Waals surface area contributed by atoms with E-state index in [-0.39, 0.29) is 0 Å². The van der Waals surface area contributed by atoms with Gasteiger partial charge in [-0.15, -0.1) is 12.6 Å². The van der Waals surface area contributed by atoms with Crippen LogP contribution in [0.2, 0.25) is 0 Å².